The molecule has 0 atom stereocenters. The molecule has 2 N–H and O–H groups in total. The lowest BCUT2D eigenvalue weighted by Crippen LogP contribution is -1.90. The molecule has 0 aliphatic heterocycles. The summed E-state index contributed by atoms with van der Waals surface area (Å²) in [4.78, 5) is 0. The molecule has 4 heteroatoms. The van der Waals surface area contributed by atoms with Gasteiger partial charge in [-0.3, -0.25) is 0 Å². The third-order valence-electron chi connectivity index (χ3n) is 3.75. The fraction of sp³-hybridized carbons (Fsp3) is 0.250. The number of aliphatic hydroxyl groups excluding tert-OH is 2. The van der Waals surface area contributed by atoms with Crippen molar-refractivity contribution >= 4 is 0 Å². The van der Waals surface area contributed by atoms with E-state index in [-0.39, 0.29) is 13.2 Å². The molecule has 3 aromatic carbocycles. The van der Waals surface area contributed by atoms with E-state index in [9.17, 15) is 0 Å². The number of hydrogen-bond acceptors (Lipinski definition) is 4. The normalized spacial score (nSPS) is 9.32. The van der Waals surface area contributed by atoms with Gasteiger partial charge in [-0.05, 0) is 54.3 Å². The standard InChI is InChI=1S/C15H16O2.C7H8O.C2H6O/c1-17-15-8-6-13(7-9-15)10-12-2-4-14(11-16)5-3-12;1-8-7-5-3-2-4-6-7;1-2-3/h2-9,16H,10-11H2,1H3;2-6H,1H3;3H,2H2,1H3. The molecule has 0 saturated heterocycles. The van der Waals surface area contributed by atoms with E-state index in [1.54, 1.807) is 21.1 Å². The first-order chi connectivity index (χ1) is 13.7. The molecule has 0 amide bonds. The number of hydrogen-bond donors (Lipinski definition) is 2. The molecule has 0 spiro atoms. The summed E-state index contributed by atoms with van der Waals surface area (Å²) in [5.41, 5.74) is 3.44. The van der Waals surface area contributed by atoms with Crippen LogP contribution in [0.3, 0.4) is 0 Å². The van der Waals surface area contributed by atoms with Gasteiger partial charge >= 0.3 is 0 Å². The van der Waals surface area contributed by atoms with Crippen LogP contribution in [0.4, 0.5) is 0 Å². The maximum absolute atomic E-state index is 8.96. The van der Waals surface area contributed by atoms with Crippen LogP contribution >= 0.6 is 0 Å². The number of para-hydroxylation sites is 1. The molecule has 4 nitrogen and oxygen atoms in total. The number of ether oxygens (including phenoxy) is 2. The van der Waals surface area contributed by atoms with Crippen molar-refractivity contribution in [3.63, 3.8) is 0 Å². The molecule has 0 saturated carbocycles. The summed E-state index contributed by atoms with van der Waals surface area (Å²) in [7, 11) is 3.33. The van der Waals surface area contributed by atoms with Crippen LogP contribution in [-0.2, 0) is 13.0 Å². The highest BCUT2D eigenvalue weighted by Gasteiger charge is 1.98. The fourth-order valence-corrected chi connectivity index (χ4v) is 2.30. The highest BCUT2D eigenvalue weighted by Crippen LogP contribution is 2.15. The predicted octanol–water partition coefficient (Wildman–Crippen LogP) is 4.47. The van der Waals surface area contributed by atoms with E-state index in [4.69, 9.17) is 19.7 Å². The van der Waals surface area contributed by atoms with Crippen LogP contribution in [0.2, 0.25) is 0 Å². The number of rotatable bonds is 5. The van der Waals surface area contributed by atoms with Crippen molar-refractivity contribution in [2.24, 2.45) is 0 Å². The van der Waals surface area contributed by atoms with E-state index in [1.807, 2.05) is 54.6 Å². The predicted molar refractivity (Wildman–Crippen MR) is 114 cm³/mol. The highest BCUT2D eigenvalue weighted by molar-refractivity contribution is 5.32. The second-order valence-corrected chi connectivity index (χ2v) is 5.83. The minimum Gasteiger partial charge on any atom is -0.497 e. The van der Waals surface area contributed by atoms with Crippen LogP contribution in [0.5, 0.6) is 11.5 Å². The minimum atomic E-state index is 0.100. The Morgan fingerprint density at radius 1 is 0.607 bits per heavy atom. The minimum absolute atomic E-state index is 0.100. The summed E-state index contributed by atoms with van der Waals surface area (Å²) in [6.07, 6.45) is 0.899. The van der Waals surface area contributed by atoms with Gasteiger partial charge < -0.3 is 19.7 Å². The average Bonchev–Trinajstić information content (AvgIpc) is 2.76. The number of methoxy groups -OCH3 is 2. The van der Waals surface area contributed by atoms with Crippen molar-refractivity contribution in [2.75, 3.05) is 20.8 Å². The zero-order valence-electron chi connectivity index (χ0n) is 16.8. The average molecular weight is 383 g/mol. The maximum atomic E-state index is 8.96. The van der Waals surface area contributed by atoms with Crippen LogP contribution < -0.4 is 9.47 Å². The van der Waals surface area contributed by atoms with Gasteiger partial charge in [0.25, 0.3) is 0 Å². The second kappa shape index (κ2) is 14.3. The summed E-state index contributed by atoms with van der Waals surface area (Å²) in [6.45, 7) is 2.03. The Kier molecular flexibility index (Phi) is 11.8. The Balaban J connectivity index is 0.000000296. The summed E-state index contributed by atoms with van der Waals surface area (Å²) >= 11 is 0. The van der Waals surface area contributed by atoms with E-state index in [1.165, 1.54) is 11.1 Å². The first kappa shape index (κ1) is 23.2. The molecule has 0 bridgehead atoms. The lowest BCUT2D eigenvalue weighted by molar-refractivity contribution is 0.282. The Labute approximate surface area is 168 Å². The van der Waals surface area contributed by atoms with Gasteiger partial charge in [-0.1, -0.05) is 54.6 Å². The SMILES string of the molecule is CCO.COc1ccc(Cc2ccc(CO)cc2)cc1.COc1ccccc1. The second-order valence-electron chi connectivity index (χ2n) is 5.83. The van der Waals surface area contributed by atoms with Crippen LogP contribution in [0.25, 0.3) is 0 Å². The van der Waals surface area contributed by atoms with Gasteiger partial charge in [-0.15, -0.1) is 0 Å². The molecule has 0 heterocycles. The first-order valence-electron chi connectivity index (χ1n) is 9.18. The Morgan fingerprint density at radius 3 is 1.39 bits per heavy atom. The van der Waals surface area contributed by atoms with Crippen LogP contribution in [0.1, 0.15) is 23.6 Å². The monoisotopic (exact) mass is 382 g/mol. The molecular weight excluding hydrogens is 352 g/mol. The topological polar surface area (TPSA) is 58.9 Å². The van der Waals surface area contributed by atoms with Crippen molar-refractivity contribution in [3.05, 3.63) is 95.6 Å². The van der Waals surface area contributed by atoms with Crippen molar-refractivity contribution in [1.29, 1.82) is 0 Å². The number of aliphatic hydroxyl groups is 2. The zero-order chi connectivity index (χ0) is 20.6. The lowest BCUT2D eigenvalue weighted by Gasteiger charge is -2.04. The zero-order valence-corrected chi connectivity index (χ0v) is 16.8. The van der Waals surface area contributed by atoms with Crippen molar-refractivity contribution in [3.8, 4) is 11.5 Å². The van der Waals surface area contributed by atoms with Gasteiger partial charge in [0.2, 0.25) is 0 Å². The molecular formula is C24H30O4. The Hall–Kier alpha value is -2.82. The van der Waals surface area contributed by atoms with Crippen molar-refractivity contribution in [1.82, 2.24) is 0 Å². The summed E-state index contributed by atoms with van der Waals surface area (Å²) in [5.74, 6) is 1.79. The molecule has 0 aliphatic carbocycles. The van der Waals surface area contributed by atoms with Crippen molar-refractivity contribution < 1.29 is 19.7 Å². The largest absolute Gasteiger partial charge is 0.497 e. The molecule has 0 aliphatic rings. The highest BCUT2D eigenvalue weighted by atomic mass is 16.5. The third kappa shape index (κ3) is 9.21. The van der Waals surface area contributed by atoms with E-state index in [0.29, 0.717) is 0 Å². The molecule has 0 unspecified atom stereocenters. The van der Waals surface area contributed by atoms with Gasteiger partial charge in [0.05, 0.1) is 20.8 Å². The van der Waals surface area contributed by atoms with E-state index in [0.717, 1.165) is 23.5 Å². The van der Waals surface area contributed by atoms with Crippen LogP contribution in [-0.4, -0.2) is 31.0 Å². The molecule has 28 heavy (non-hydrogen) atoms. The first-order valence-corrected chi connectivity index (χ1v) is 9.18. The molecule has 150 valence electrons. The van der Waals surface area contributed by atoms with E-state index in [2.05, 4.69) is 24.3 Å². The maximum Gasteiger partial charge on any atom is 0.118 e. The lowest BCUT2D eigenvalue weighted by atomic mass is 10.0. The van der Waals surface area contributed by atoms with E-state index < -0.39 is 0 Å². The quantitative estimate of drug-likeness (QED) is 0.683. The summed E-state index contributed by atoms with van der Waals surface area (Å²) in [6, 6.07) is 25.8. The molecule has 3 rings (SSSR count). The Bertz CT molecular complexity index is 692. The number of benzene rings is 3. The molecule has 0 radical (unpaired) electrons. The summed E-state index contributed by atoms with van der Waals surface area (Å²) in [5, 5.41) is 16.5. The van der Waals surface area contributed by atoms with Crippen LogP contribution in [0, 0.1) is 0 Å². The van der Waals surface area contributed by atoms with Gasteiger partial charge in [-0.2, -0.15) is 0 Å². The third-order valence-corrected chi connectivity index (χ3v) is 3.75. The summed E-state index contributed by atoms with van der Waals surface area (Å²) < 4.78 is 10.0. The van der Waals surface area contributed by atoms with Crippen molar-refractivity contribution in [2.45, 2.75) is 20.0 Å². The van der Waals surface area contributed by atoms with Crippen LogP contribution in [0.15, 0.2) is 78.9 Å². The smallest absolute Gasteiger partial charge is 0.118 e. The molecule has 0 fully saturated rings. The fourth-order valence-electron chi connectivity index (χ4n) is 2.30. The van der Waals surface area contributed by atoms with Gasteiger partial charge in [-0.25, -0.2) is 0 Å². The van der Waals surface area contributed by atoms with Gasteiger partial charge in [0.15, 0.2) is 0 Å². The van der Waals surface area contributed by atoms with E-state index >= 15 is 0 Å². The van der Waals surface area contributed by atoms with Gasteiger partial charge in [0, 0.05) is 6.61 Å². The molecule has 3 aromatic rings. The van der Waals surface area contributed by atoms with Gasteiger partial charge in [0.1, 0.15) is 11.5 Å². The molecule has 0 aromatic heterocycles. The Morgan fingerprint density at radius 2 is 1.00 bits per heavy atom.